The minimum absolute atomic E-state index is 0.953. The molecule has 2 nitrogen and oxygen atoms in total. The molecule has 2 unspecified atom stereocenters. The van der Waals surface area contributed by atoms with E-state index in [2.05, 4.69) is 44.1 Å². The summed E-state index contributed by atoms with van der Waals surface area (Å²) in [5, 5.41) is 3.49. The fourth-order valence-electron chi connectivity index (χ4n) is 2.63. The maximum atomic E-state index is 3.49. The number of hydrogen-bond acceptors (Lipinski definition) is 3. The van der Waals surface area contributed by atoms with Crippen molar-refractivity contribution in [3.8, 4) is 0 Å². The maximum Gasteiger partial charge on any atom is 0.0299 e. The summed E-state index contributed by atoms with van der Waals surface area (Å²) in [7, 11) is 2.26. The van der Waals surface area contributed by atoms with Crippen LogP contribution in [0.3, 0.4) is 0 Å². The highest BCUT2D eigenvalue weighted by Gasteiger charge is 2.33. The van der Waals surface area contributed by atoms with Gasteiger partial charge in [-0.3, -0.25) is 0 Å². The van der Waals surface area contributed by atoms with Gasteiger partial charge in [0.1, 0.15) is 0 Å². The van der Waals surface area contributed by atoms with E-state index in [9.17, 15) is 0 Å². The van der Waals surface area contributed by atoms with Gasteiger partial charge in [0.2, 0.25) is 0 Å². The summed E-state index contributed by atoms with van der Waals surface area (Å²) in [6.07, 6.45) is 2.64. The van der Waals surface area contributed by atoms with Crippen LogP contribution in [0, 0.1) is 18.8 Å². The Morgan fingerprint density at radius 1 is 1.47 bits per heavy atom. The molecule has 1 aromatic rings. The van der Waals surface area contributed by atoms with E-state index in [1.807, 2.05) is 11.3 Å². The Hall–Kier alpha value is -0.380. The second-order valence-corrected chi connectivity index (χ2v) is 7.48. The average Bonchev–Trinajstić information content (AvgIpc) is 2.91. The first-order chi connectivity index (χ1) is 9.10. The van der Waals surface area contributed by atoms with Gasteiger partial charge in [0.05, 0.1) is 0 Å². The third-order valence-electron chi connectivity index (χ3n) is 4.06. The SMILES string of the molecule is CCCNCc1cc(CN(C)CC2CC2C)c(C)s1. The summed E-state index contributed by atoms with van der Waals surface area (Å²) in [6.45, 7) is 11.4. The molecule has 2 atom stereocenters. The second-order valence-electron chi connectivity index (χ2n) is 6.14. The van der Waals surface area contributed by atoms with Crippen LogP contribution < -0.4 is 5.32 Å². The van der Waals surface area contributed by atoms with Crippen molar-refractivity contribution in [1.82, 2.24) is 10.2 Å². The van der Waals surface area contributed by atoms with Crippen molar-refractivity contribution in [2.75, 3.05) is 20.1 Å². The van der Waals surface area contributed by atoms with Crippen molar-refractivity contribution in [3.63, 3.8) is 0 Å². The predicted octanol–water partition coefficient (Wildman–Crippen LogP) is 3.64. The molecule has 0 saturated heterocycles. The van der Waals surface area contributed by atoms with E-state index in [0.717, 1.165) is 31.5 Å². The molecule has 0 bridgehead atoms. The molecule has 0 aromatic carbocycles. The predicted molar refractivity (Wildman–Crippen MR) is 84.7 cm³/mol. The molecule has 108 valence electrons. The first-order valence-corrected chi connectivity index (χ1v) is 8.39. The monoisotopic (exact) mass is 280 g/mol. The fraction of sp³-hybridized carbons (Fsp3) is 0.750. The number of rotatable bonds is 8. The van der Waals surface area contributed by atoms with E-state index in [-0.39, 0.29) is 0 Å². The van der Waals surface area contributed by atoms with E-state index >= 15 is 0 Å². The summed E-state index contributed by atoms with van der Waals surface area (Å²) in [5.41, 5.74) is 1.52. The van der Waals surface area contributed by atoms with Gasteiger partial charge in [0, 0.05) is 29.4 Å². The van der Waals surface area contributed by atoms with Crippen LogP contribution in [-0.4, -0.2) is 25.0 Å². The van der Waals surface area contributed by atoms with Crippen LogP contribution in [-0.2, 0) is 13.1 Å². The molecule has 1 heterocycles. The van der Waals surface area contributed by atoms with Crippen LogP contribution in [0.2, 0.25) is 0 Å². The summed E-state index contributed by atoms with van der Waals surface area (Å²) in [4.78, 5) is 5.46. The van der Waals surface area contributed by atoms with Gasteiger partial charge in [-0.1, -0.05) is 13.8 Å². The zero-order valence-corrected chi connectivity index (χ0v) is 13.6. The highest BCUT2D eigenvalue weighted by molar-refractivity contribution is 7.12. The smallest absolute Gasteiger partial charge is 0.0299 e. The molecular formula is C16H28N2S. The molecule has 0 radical (unpaired) electrons. The van der Waals surface area contributed by atoms with Crippen molar-refractivity contribution >= 4 is 11.3 Å². The Bertz CT molecular complexity index is 399. The molecule has 1 N–H and O–H groups in total. The first kappa shape index (κ1) is 15.0. The molecule has 0 aliphatic heterocycles. The second kappa shape index (κ2) is 6.87. The highest BCUT2D eigenvalue weighted by atomic mass is 32.1. The topological polar surface area (TPSA) is 15.3 Å². The van der Waals surface area contributed by atoms with Gasteiger partial charge in [-0.2, -0.15) is 0 Å². The summed E-state index contributed by atoms with van der Waals surface area (Å²) in [5.74, 6) is 1.91. The first-order valence-electron chi connectivity index (χ1n) is 7.57. The fourth-order valence-corrected chi connectivity index (χ4v) is 3.65. The molecule has 0 spiro atoms. The Balaban J connectivity index is 1.81. The molecule has 1 saturated carbocycles. The number of aryl methyl sites for hydroxylation is 1. The lowest BCUT2D eigenvalue weighted by Gasteiger charge is -2.16. The Morgan fingerprint density at radius 3 is 2.84 bits per heavy atom. The van der Waals surface area contributed by atoms with Crippen LogP contribution in [0.15, 0.2) is 6.07 Å². The van der Waals surface area contributed by atoms with Crippen molar-refractivity contribution in [2.45, 2.75) is 46.7 Å². The van der Waals surface area contributed by atoms with Crippen molar-refractivity contribution in [1.29, 1.82) is 0 Å². The van der Waals surface area contributed by atoms with Gasteiger partial charge in [-0.15, -0.1) is 11.3 Å². The normalized spacial score (nSPS) is 22.2. The van der Waals surface area contributed by atoms with E-state index < -0.39 is 0 Å². The van der Waals surface area contributed by atoms with Gasteiger partial charge in [-0.05, 0) is 56.8 Å². The van der Waals surface area contributed by atoms with E-state index in [1.165, 1.54) is 34.7 Å². The largest absolute Gasteiger partial charge is 0.312 e. The lowest BCUT2D eigenvalue weighted by molar-refractivity contribution is 0.307. The average molecular weight is 280 g/mol. The van der Waals surface area contributed by atoms with Gasteiger partial charge in [0.15, 0.2) is 0 Å². The van der Waals surface area contributed by atoms with E-state index in [0.29, 0.717) is 0 Å². The van der Waals surface area contributed by atoms with Crippen LogP contribution >= 0.6 is 11.3 Å². The Labute approximate surface area is 122 Å². The van der Waals surface area contributed by atoms with E-state index in [4.69, 9.17) is 0 Å². The number of nitrogens with zero attached hydrogens (tertiary/aromatic N) is 1. The summed E-state index contributed by atoms with van der Waals surface area (Å²) >= 11 is 1.95. The molecule has 1 fully saturated rings. The number of thiophene rings is 1. The van der Waals surface area contributed by atoms with Crippen LogP contribution in [0.4, 0.5) is 0 Å². The lowest BCUT2D eigenvalue weighted by Crippen LogP contribution is -2.21. The highest BCUT2D eigenvalue weighted by Crippen LogP contribution is 2.38. The third kappa shape index (κ3) is 4.59. The molecule has 3 heteroatoms. The third-order valence-corrected chi connectivity index (χ3v) is 5.15. The standard InChI is InChI=1S/C16H28N2S/c1-5-6-17-9-16-8-15(13(3)19-16)11-18(4)10-14-7-12(14)2/h8,12,14,17H,5-7,9-11H2,1-4H3. The Morgan fingerprint density at radius 2 is 2.21 bits per heavy atom. The lowest BCUT2D eigenvalue weighted by atomic mass is 10.2. The maximum absolute atomic E-state index is 3.49. The van der Waals surface area contributed by atoms with E-state index in [1.54, 1.807) is 0 Å². The van der Waals surface area contributed by atoms with Crippen molar-refractivity contribution in [2.24, 2.45) is 11.8 Å². The van der Waals surface area contributed by atoms with Gasteiger partial charge in [-0.25, -0.2) is 0 Å². The molecular weight excluding hydrogens is 252 g/mol. The minimum atomic E-state index is 0.953. The zero-order valence-electron chi connectivity index (χ0n) is 12.8. The Kier molecular flexibility index (Phi) is 5.43. The summed E-state index contributed by atoms with van der Waals surface area (Å²) < 4.78 is 0. The molecule has 1 aromatic heterocycles. The number of hydrogen-bond donors (Lipinski definition) is 1. The summed E-state index contributed by atoms with van der Waals surface area (Å²) in [6, 6.07) is 2.40. The van der Waals surface area contributed by atoms with Crippen LogP contribution in [0.5, 0.6) is 0 Å². The van der Waals surface area contributed by atoms with Gasteiger partial charge < -0.3 is 10.2 Å². The quantitative estimate of drug-likeness (QED) is 0.731. The van der Waals surface area contributed by atoms with Crippen molar-refractivity contribution in [3.05, 3.63) is 21.4 Å². The van der Waals surface area contributed by atoms with Crippen LogP contribution in [0.1, 0.15) is 42.0 Å². The molecule has 1 aliphatic rings. The van der Waals surface area contributed by atoms with Gasteiger partial charge in [0.25, 0.3) is 0 Å². The van der Waals surface area contributed by atoms with Gasteiger partial charge >= 0.3 is 0 Å². The minimum Gasteiger partial charge on any atom is -0.312 e. The van der Waals surface area contributed by atoms with Crippen molar-refractivity contribution < 1.29 is 0 Å². The molecule has 2 rings (SSSR count). The number of nitrogens with one attached hydrogen (secondary N) is 1. The molecule has 19 heavy (non-hydrogen) atoms. The molecule has 0 amide bonds. The van der Waals surface area contributed by atoms with Crippen LogP contribution in [0.25, 0.3) is 0 Å². The molecule has 1 aliphatic carbocycles. The zero-order chi connectivity index (χ0) is 13.8.